The summed E-state index contributed by atoms with van der Waals surface area (Å²) in [6.07, 6.45) is 5.60. The predicted octanol–water partition coefficient (Wildman–Crippen LogP) is 3.22. The fraction of sp³-hybridized carbons (Fsp3) is 0.588. The molecule has 130 valence electrons. The standard InChI is InChI=1S/C17H21BrN2O4/c1-2-12(17(22)24-11-6-4-3-5-7-11)20-15(21)10-23-13-8-9-14(18)19-16(13)20/h8-9,11-12H,2-7,10H2,1H3. The molecule has 1 fully saturated rings. The molecule has 2 aliphatic rings. The number of carbonyl (C=O) groups excluding carboxylic acids is 2. The number of amides is 1. The number of fused-ring (bicyclic) bond motifs is 1. The van der Waals surface area contributed by atoms with Gasteiger partial charge in [0.1, 0.15) is 16.7 Å². The highest BCUT2D eigenvalue weighted by Gasteiger charge is 2.37. The van der Waals surface area contributed by atoms with Crippen LogP contribution in [0.3, 0.4) is 0 Å². The second kappa shape index (κ2) is 7.51. The van der Waals surface area contributed by atoms with Crippen molar-refractivity contribution in [3.8, 4) is 5.75 Å². The molecule has 3 rings (SSSR count). The van der Waals surface area contributed by atoms with Gasteiger partial charge in [-0.3, -0.25) is 9.69 Å². The van der Waals surface area contributed by atoms with Gasteiger partial charge in [-0.1, -0.05) is 13.3 Å². The van der Waals surface area contributed by atoms with Crippen molar-refractivity contribution in [2.24, 2.45) is 0 Å². The van der Waals surface area contributed by atoms with Gasteiger partial charge in [0, 0.05) is 0 Å². The molecule has 1 aliphatic heterocycles. The molecule has 0 bridgehead atoms. The van der Waals surface area contributed by atoms with Gasteiger partial charge in [0.2, 0.25) is 0 Å². The summed E-state index contributed by atoms with van der Waals surface area (Å²) in [5.41, 5.74) is 0. The van der Waals surface area contributed by atoms with E-state index in [1.54, 1.807) is 12.1 Å². The summed E-state index contributed by atoms with van der Waals surface area (Å²) in [7, 11) is 0. The van der Waals surface area contributed by atoms with Crippen LogP contribution in [-0.2, 0) is 14.3 Å². The summed E-state index contributed by atoms with van der Waals surface area (Å²) < 4.78 is 11.7. The molecule has 1 unspecified atom stereocenters. The minimum atomic E-state index is -0.677. The first kappa shape index (κ1) is 17.2. The number of carbonyl (C=O) groups is 2. The third-order valence-electron chi connectivity index (χ3n) is 4.46. The summed E-state index contributed by atoms with van der Waals surface area (Å²) in [5.74, 6) is 0.239. The Morgan fingerprint density at radius 2 is 2.17 bits per heavy atom. The summed E-state index contributed by atoms with van der Waals surface area (Å²) in [6.45, 7) is 1.77. The molecule has 1 atom stereocenters. The Bertz CT molecular complexity index is 631. The predicted molar refractivity (Wildman–Crippen MR) is 92.0 cm³/mol. The Labute approximate surface area is 149 Å². The van der Waals surface area contributed by atoms with E-state index < -0.39 is 6.04 Å². The van der Waals surface area contributed by atoms with Crippen molar-refractivity contribution in [2.75, 3.05) is 11.5 Å². The Morgan fingerprint density at radius 3 is 2.88 bits per heavy atom. The highest BCUT2D eigenvalue weighted by atomic mass is 79.9. The lowest BCUT2D eigenvalue weighted by Crippen LogP contribution is -2.50. The van der Waals surface area contributed by atoms with Crippen molar-refractivity contribution < 1.29 is 19.1 Å². The molecule has 24 heavy (non-hydrogen) atoms. The van der Waals surface area contributed by atoms with Crippen molar-refractivity contribution in [3.05, 3.63) is 16.7 Å². The summed E-state index contributed by atoms with van der Waals surface area (Å²) >= 11 is 3.30. The van der Waals surface area contributed by atoms with Crippen molar-refractivity contribution in [1.29, 1.82) is 0 Å². The van der Waals surface area contributed by atoms with Crippen LogP contribution in [0, 0.1) is 0 Å². The summed E-state index contributed by atoms with van der Waals surface area (Å²) in [4.78, 5) is 30.8. The van der Waals surface area contributed by atoms with Gasteiger partial charge in [-0.05, 0) is 60.2 Å². The van der Waals surface area contributed by atoms with Crippen molar-refractivity contribution in [3.63, 3.8) is 0 Å². The molecule has 2 heterocycles. The average molecular weight is 397 g/mol. The fourth-order valence-electron chi connectivity index (χ4n) is 3.23. The number of hydrogen-bond acceptors (Lipinski definition) is 5. The molecule has 0 spiro atoms. The topological polar surface area (TPSA) is 68.7 Å². The Balaban J connectivity index is 1.83. The van der Waals surface area contributed by atoms with Crippen LogP contribution >= 0.6 is 15.9 Å². The maximum Gasteiger partial charge on any atom is 0.329 e. The lowest BCUT2D eigenvalue weighted by Gasteiger charge is -2.34. The van der Waals surface area contributed by atoms with Crippen LogP contribution in [0.2, 0.25) is 0 Å². The molecule has 0 aromatic carbocycles. The molecular formula is C17H21BrN2O4. The van der Waals surface area contributed by atoms with Gasteiger partial charge in [-0.2, -0.15) is 0 Å². The van der Waals surface area contributed by atoms with Crippen molar-refractivity contribution >= 4 is 33.6 Å². The molecule has 0 radical (unpaired) electrons. The smallest absolute Gasteiger partial charge is 0.329 e. The lowest BCUT2D eigenvalue weighted by molar-refractivity contribution is -0.153. The maximum absolute atomic E-state index is 12.7. The number of pyridine rings is 1. The van der Waals surface area contributed by atoms with Gasteiger partial charge in [-0.25, -0.2) is 9.78 Å². The number of nitrogens with zero attached hydrogens (tertiary/aromatic N) is 2. The van der Waals surface area contributed by atoms with E-state index >= 15 is 0 Å². The molecule has 1 aromatic heterocycles. The van der Waals surface area contributed by atoms with Gasteiger partial charge in [0.05, 0.1) is 0 Å². The van der Waals surface area contributed by atoms with Gasteiger partial charge < -0.3 is 9.47 Å². The van der Waals surface area contributed by atoms with Crippen LogP contribution in [0.15, 0.2) is 16.7 Å². The molecule has 0 saturated heterocycles. The van der Waals surface area contributed by atoms with Crippen LogP contribution in [0.1, 0.15) is 45.4 Å². The van der Waals surface area contributed by atoms with Crippen LogP contribution < -0.4 is 9.64 Å². The number of anilines is 1. The SMILES string of the molecule is CCC(C(=O)OC1CCCCC1)N1C(=O)COc2ccc(Br)nc21. The van der Waals surface area contributed by atoms with E-state index in [0.29, 0.717) is 22.6 Å². The number of aromatic nitrogens is 1. The zero-order chi connectivity index (χ0) is 17.1. The Morgan fingerprint density at radius 1 is 1.42 bits per heavy atom. The second-order valence-corrected chi connectivity index (χ2v) is 6.94. The van der Waals surface area contributed by atoms with E-state index in [-0.39, 0.29) is 24.6 Å². The van der Waals surface area contributed by atoms with E-state index in [4.69, 9.17) is 9.47 Å². The highest BCUT2D eigenvalue weighted by molar-refractivity contribution is 9.10. The molecular weight excluding hydrogens is 376 g/mol. The minimum Gasteiger partial charge on any atom is -0.480 e. The highest BCUT2D eigenvalue weighted by Crippen LogP contribution is 2.34. The fourth-order valence-corrected chi connectivity index (χ4v) is 3.53. The molecule has 1 amide bonds. The van der Waals surface area contributed by atoms with Crippen LogP contribution in [0.25, 0.3) is 0 Å². The first-order chi connectivity index (χ1) is 11.6. The number of halogens is 1. The Hall–Kier alpha value is -1.63. The van der Waals surface area contributed by atoms with E-state index in [1.165, 1.54) is 11.3 Å². The van der Waals surface area contributed by atoms with Gasteiger partial charge >= 0.3 is 5.97 Å². The first-order valence-electron chi connectivity index (χ1n) is 8.42. The van der Waals surface area contributed by atoms with Crippen LogP contribution in [0.5, 0.6) is 5.75 Å². The molecule has 1 aromatic rings. The summed E-state index contributed by atoms with van der Waals surface area (Å²) in [5, 5.41) is 0. The number of hydrogen-bond donors (Lipinski definition) is 0. The lowest BCUT2D eigenvalue weighted by atomic mass is 9.98. The Kier molecular flexibility index (Phi) is 5.38. The number of rotatable bonds is 4. The van der Waals surface area contributed by atoms with E-state index in [9.17, 15) is 9.59 Å². The number of esters is 1. The van der Waals surface area contributed by atoms with Gasteiger partial charge in [0.25, 0.3) is 5.91 Å². The van der Waals surface area contributed by atoms with E-state index in [2.05, 4.69) is 20.9 Å². The van der Waals surface area contributed by atoms with Crippen LogP contribution in [-0.4, -0.2) is 35.6 Å². The zero-order valence-electron chi connectivity index (χ0n) is 13.7. The van der Waals surface area contributed by atoms with Gasteiger partial charge in [-0.15, -0.1) is 0 Å². The summed E-state index contributed by atoms with van der Waals surface area (Å²) in [6, 6.07) is 2.81. The quantitative estimate of drug-likeness (QED) is 0.577. The molecule has 1 aliphatic carbocycles. The second-order valence-electron chi connectivity index (χ2n) is 6.13. The first-order valence-corrected chi connectivity index (χ1v) is 9.21. The molecule has 7 heteroatoms. The minimum absolute atomic E-state index is 0.0358. The molecule has 0 N–H and O–H groups in total. The van der Waals surface area contributed by atoms with Crippen LogP contribution in [0.4, 0.5) is 5.82 Å². The zero-order valence-corrected chi connectivity index (χ0v) is 15.3. The average Bonchev–Trinajstić information content (AvgIpc) is 2.58. The molecule has 6 nitrogen and oxygen atoms in total. The largest absolute Gasteiger partial charge is 0.480 e. The third kappa shape index (κ3) is 3.55. The monoisotopic (exact) mass is 396 g/mol. The van der Waals surface area contributed by atoms with E-state index in [1.807, 2.05) is 6.92 Å². The van der Waals surface area contributed by atoms with E-state index in [0.717, 1.165) is 25.7 Å². The normalized spacial score (nSPS) is 19.4. The third-order valence-corrected chi connectivity index (χ3v) is 4.90. The maximum atomic E-state index is 12.7. The molecule has 1 saturated carbocycles. The van der Waals surface area contributed by atoms with Crippen molar-refractivity contribution in [1.82, 2.24) is 4.98 Å². The number of ether oxygens (including phenoxy) is 2. The van der Waals surface area contributed by atoms with Gasteiger partial charge in [0.15, 0.2) is 18.2 Å². The van der Waals surface area contributed by atoms with Crippen molar-refractivity contribution in [2.45, 2.75) is 57.6 Å².